The van der Waals surface area contributed by atoms with E-state index in [2.05, 4.69) is 15.6 Å². The third-order valence-electron chi connectivity index (χ3n) is 4.28. The highest BCUT2D eigenvalue weighted by atomic mass is 16.3. The van der Waals surface area contributed by atoms with Crippen molar-refractivity contribution in [3.05, 3.63) is 42.3 Å². The van der Waals surface area contributed by atoms with Crippen molar-refractivity contribution in [2.24, 2.45) is 5.92 Å². The minimum Gasteiger partial charge on any atom is -0.444 e. The lowest BCUT2D eigenvalue weighted by molar-refractivity contribution is 0.00790. The number of rotatable bonds is 7. The number of aliphatic hydroxyl groups is 1. The van der Waals surface area contributed by atoms with E-state index in [0.29, 0.717) is 11.6 Å². The van der Waals surface area contributed by atoms with Gasteiger partial charge in [-0.25, -0.2) is 9.78 Å². The smallest absolute Gasteiger partial charge is 0.315 e. The van der Waals surface area contributed by atoms with Gasteiger partial charge in [0.15, 0.2) is 0 Å². The molecular formula is C18H25N3O3. The quantitative estimate of drug-likeness (QED) is 0.728. The normalized spacial score (nSPS) is 14.7. The molecule has 3 N–H and O–H groups in total. The van der Waals surface area contributed by atoms with Crippen molar-refractivity contribution >= 4 is 6.03 Å². The lowest BCUT2D eigenvalue weighted by Gasteiger charge is -2.29. The molecule has 1 aromatic carbocycles. The molecule has 0 saturated carbocycles. The molecule has 2 rings (SSSR count). The third kappa shape index (κ3) is 4.83. The van der Waals surface area contributed by atoms with Gasteiger partial charge in [-0.3, -0.25) is 0 Å². The molecule has 2 amide bonds. The number of aromatic nitrogens is 1. The van der Waals surface area contributed by atoms with E-state index >= 15 is 0 Å². The molecule has 1 aromatic heterocycles. The Labute approximate surface area is 142 Å². The Kier molecular flexibility index (Phi) is 5.98. The number of hydrogen-bond acceptors (Lipinski definition) is 4. The summed E-state index contributed by atoms with van der Waals surface area (Å²) in [6.07, 6.45) is 2.37. The Bertz CT molecular complexity index is 653. The maximum atomic E-state index is 11.9. The van der Waals surface area contributed by atoms with Gasteiger partial charge in [-0.2, -0.15) is 0 Å². The van der Waals surface area contributed by atoms with Crippen LogP contribution in [0.2, 0.25) is 0 Å². The number of oxazole rings is 1. The van der Waals surface area contributed by atoms with Crippen LogP contribution in [-0.4, -0.2) is 28.3 Å². The van der Waals surface area contributed by atoms with Crippen LogP contribution in [0, 0.1) is 5.92 Å². The molecule has 0 aliphatic rings. The summed E-state index contributed by atoms with van der Waals surface area (Å²) in [6, 6.07) is 9.22. The summed E-state index contributed by atoms with van der Waals surface area (Å²) < 4.78 is 5.42. The number of hydrogen-bond donors (Lipinski definition) is 3. The van der Waals surface area contributed by atoms with Gasteiger partial charge in [0.25, 0.3) is 0 Å². The van der Waals surface area contributed by atoms with Crippen molar-refractivity contribution in [1.82, 2.24) is 15.6 Å². The molecular weight excluding hydrogens is 306 g/mol. The molecule has 1 heterocycles. The van der Waals surface area contributed by atoms with Crippen molar-refractivity contribution in [1.29, 1.82) is 0 Å². The Morgan fingerprint density at radius 3 is 2.71 bits per heavy atom. The summed E-state index contributed by atoms with van der Waals surface area (Å²) in [5.74, 6) is 0.620. The molecule has 0 saturated heterocycles. The molecule has 6 nitrogen and oxygen atoms in total. The van der Waals surface area contributed by atoms with Gasteiger partial charge < -0.3 is 20.2 Å². The standard InChI is InChI=1S/C18H25N3O3/c1-4-13(2)18(3,23)12-20-17(22)19-10-15-11-24-16(21-15)14-8-6-5-7-9-14/h5-9,11,13,23H,4,10,12H2,1-3H3,(H2,19,20,22). The molecule has 2 aromatic rings. The van der Waals surface area contributed by atoms with Crippen molar-refractivity contribution in [3.63, 3.8) is 0 Å². The zero-order valence-corrected chi connectivity index (χ0v) is 14.4. The molecule has 0 aliphatic heterocycles. The molecule has 2 atom stereocenters. The van der Waals surface area contributed by atoms with E-state index in [9.17, 15) is 9.90 Å². The number of benzene rings is 1. The fourth-order valence-corrected chi connectivity index (χ4v) is 2.21. The van der Waals surface area contributed by atoms with E-state index in [1.165, 1.54) is 6.26 Å². The Morgan fingerprint density at radius 1 is 1.33 bits per heavy atom. The van der Waals surface area contributed by atoms with Crippen molar-refractivity contribution in [2.75, 3.05) is 6.54 Å². The van der Waals surface area contributed by atoms with Crippen LogP contribution in [0.4, 0.5) is 4.79 Å². The third-order valence-corrected chi connectivity index (χ3v) is 4.28. The Balaban J connectivity index is 1.81. The van der Waals surface area contributed by atoms with Crippen molar-refractivity contribution in [3.8, 4) is 11.5 Å². The molecule has 130 valence electrons. The molecule has 24 heavy (non-hydrogen) atoms. The number of nitrogens with zero attached hydrogens (tertiary/aromatic N) is 1. The molecule has 6 heteroatoms. The highest BCUT2D eigenvalue weighted by molar-refractivity contribution is 5.73. The summed E-state index contributed by atoms with van der Waals surface area (Å²) in [4.78, 5) is 16.2. The van der Waals surface area contributed by atoms with Gasteiger partial charge in [-0.1, -0.05) is 38.5 Å². The zero-order chi connectivity index (χ0) is 17.6. The topological polar surface area (TPSA) is 87.4 Å². The van der Waals surface area contributed by atoms with Gasteiger partial charge in [0.2, 0.25) is 5.89 Å². The second kappa shape index (κ2) is 7.97. The van der Waals surface area contributed by atoms with Crippen LogP contribution in [0.3, 0.4) is 0 Å². The van der Waals surface area contributed by atoms with Crippen molar-refractivity contribution < 1.29 is 14.3 Å². The van der Waals surface area contributed by atoms with Crippen LogP contribution in [0.25, 0.3) is 11.5 Å². The highest BCUT2D eigenvalue weighted by Crippen LogP contribution is 2.19. The summed E-state index contributed by atoms with van der Waals surface area (Å²) in [5.41, 5.74) is 0.594. The molecule has 2 unspecified atom stereocenters. The first kappa shape index (κ1) is 18.0. The number of amides is 2. The van der Waals surface area contributed by atoms with Crippen LogP contribution in [0.1, 0.15) is 32.9 Å². The number of nitrogens with one attached hydrogen (secondary N) is 2. The second-order valence-electron chi connectivity index (χ2n) is 6.21. The summed E-state index contributed by atoms with van der Waals surface area (Å²) in [6.45, 7) is 6.15. The largest absolute Gasteiger partial charge is 0.444 e. The highest BCUT2D eigenvalue weighted by Gasteiger charge is 2.27. The van der Waals surface area contributed by atoms with Gasteiger partial charge in [0.05, 0.1) is 17.8 Å². The van der Waals surface area contributed by atoms with E-state index in [4.69, 9.17) is 4.42 Å². The number of carbonyl (C=O) groups excluding carboxylic acids is 1. The molecule has 0 fully saturated rings. The molecule has 0 bridgehead atoms. The first-order valence-electron chi connectivity index (χ1n) is 8.16. The van der Waals surface area contributed by atoms with Gasteiger partial charge >= 0.3 is 6.03 Å². The maximum Gasteiger partial charge on any atom is 0.315 e. The monoisotopic (exact) mass is 331 g/mol. The van der Waals surface area contributed by atoms with Crippen molar-refractivity contribution in [2.45, 2.75) is 39.3 Å². The van der Waals surface area contributed by atoms with Crippen LogP contribution in [0.5, 0.6) is 0 Å². The minimum absolute atomic E-state index is 0.0989. The van der Waals surface area contributed by atoms with Crippen LogP contribution >= 0.6 is 0 Å². The minimum atomic E-state index is -0.930. The Hall–Kier alpha value is -2.34. The van der Waals surface area contributed by atoms with E-state index in [1.54, 1.807) is 6.92 Å². The van der Waals surface area contributed by atoms with Crippen LogP contribution in [0.15, 0.2) is 41.0 Å². The average Bonchev–Trinajstić information content (AvgIpc) is 3.07. The fraction of sp³-hybridized carbons (Fsp3) is 0.444. The zero-order valence-electron chi connectivity index (χ0n) is 14.4. The summed E-state index contributed by atoms with van der Waals surface area (Å²) in [5, 5.41) is 15.7. The van der Waals surface area contributed by atoms with Gasteiger partial charge in [-0.05, 0) is 25.0 Å². The Morgan fingerprint density at radius 2 is 2.04 bits per heavy atom. The van der Waals surface area contributed by atoms with Gasteiger partial charge in [0.1, 0.15) is 6.26 Å². The lowest BCUT2D eigenvalue weighted by Crippen LogP contribution is -2.47. The first-order valence-corrected chi connectivity index (χ1v) is 8.16. The summed E-state index contributed by atoms with van der Waals surface area (Å²) in [7, 11) is 0. The van der Waals surface area contributed by atoms with Crippen LogP contribution < -0.4 is 10.6 Å². The predicted molar refractivity (Wildman–Crippen MR) is 92.3 cm³/mol. The second-order valence-corrected chi connectivity index (χ2v) is 6.21. The average molecular weight is 331 g/mol. The maximum absolute atomic E-state index is 11.9. The molecule has 0 spiro atoms. The van der Waals surface area contributed by atoms with E-state index in [-0.39, 0.29) is 25.0 Å². The SMILES string of the molecule is CCC(C)C(C)(O)CNC(=O)NCc1coc(-c2ccccc2)n1. The van der Waals surface area contributed by atoms with E-state index < -0.39 is 5.60 Å². The summed E-state index contributed by atoms with van der Waals surface area (Å²) >= 11 is 0. The predicted octanol–water partition coefficient (Wildman–Crippen LogP) is 2.94. The van der Waals surface area contributed by atoms with E-state index in [0.717, 1.165) is 12.0 Å². The van der Waals surface area contributed by atoms with Gasteiger partial charge in [-0.15, -0.1) is 0 Å². The fourth-order valence-electron chi connectivity index (χ4n) is 2.21. The lowest BCUT2D eigenvalue weighted by atomic mass is 9.89. The first-order chi connectivity index (χ1) is 11.4. The molecule has 0 radical (unpaired) electrons. The molecule has 0 aliphatic carbocycles. The number of urea groups is 1. The van der Waals surface area contributed by atoms with Gasteiger partial charge in [0, 0.05) is 12.1 Å². The van der Waals surface area contributed by atoms with E-state index in [1.807, 2.05) is 44.2 Å². The van der Waals surface area contributed by atoms with Crippen LogP contribution in [-0.2, 0) is 6.54 Å². The number of carbonyl (C=O) groups is 1.